The van der Waals surface area contributed by atoms with E-state index in [4.69, 9.17) is 0 Å². The van der Waals surface area contributed by atoms with Crippen molar-refractivity contribution in [1.29, 1.82) is 0 Å². The first-order chi connectivity index (χ1) is 9.52. The predicted molar refractivity (Wildman–Crippen MR) is 61.5 cm³/mol. The summed E-state index contributed by atoms with van der Waals surface area (Å²) in [5, 5.41) is 3.52. The highest BCUT2D eigenvalue weighted by Gasteiger charge is 2.25. The normalized spacial score (nSPS) is 16.2. The van der Waals surface area contributed by atoms with E-state index in [0.29, 0.717) is 0 Å². The standard InChI is InChI=1S/C13H12F5NO/c14-9-8(10(15)12(17)13(18)11(9)16)6-20-19-5-7-3-1-2-4-7/h5,7H,1-4,6H2. The van der Waals surface area contributed by atoms with Crippen LogP contribution in [0.15, 0.2) is 5.16 Å². The molecule has 0 saturated heterocycles. The molecule has 0 aliphatic heterocycles. The molecule has 1 saturated carbocycles. The van der Waals surface area contributed by atoms with Crippen molar-refractivity contribution in [3.8, 4) is 0 Å². The van der Waals surface area contributed by atoms with E-state index in [1.54, 1.807) is 0 Å². The molecule has 1 fully saturated rings. The first-order valence-electron chi connectivity index (χ1n) is 6.18. The summed E-state index contributed by atoms with van der Waals surface area (Å²) in [5.41, 5.74) is -1.02. The molecule has 0 amide bonds. The molecule has 1 aromatic carbocycles. The van der Waals surface area contributed by atoms with Crippen LogP contribution in [0.4, 0.5) is 22.0 Å². The average Bonchev–Trinajstić information content (AvgIpc) is 2.95. The van der Waals surface area contributed by atoms with Crippen molar-refractivity contribution in [3.63, 3.8) is 0 Å². The number of oxime groups is 1. The van der Waals surface area contributed by atoms with Gasteiger partial charge in [-0.05, 0) is 18.8 Å². The molecule has 0 heterocycles. The van der Waals surface area contributed by atoms with E-state index in [1.807, 2.05) is 0 Å². The molecule has 20 heavy (non-hydrogen) atoms. The number of hydrogen-bond acceptors (Lipinski definition) is 2. The predicted octanol–water partition coefficient (Wildman–Crippen LogP) is 4.07. The van der Waals surface area contributed by atoms with Crippen LogP contribution in [0.25, 0.3) is 0 Å². The minimum absolute atomic E-state index is 0.242. The highest BCUT2D eigenvalue weighted by atomic mass is 19.2. The summed E-state index contributed by atoms with van der Waals surface area (Å²) in [7, 11) is 0. The van der Waals surface area contributed by atoms with Crippen LogP contribution < -0.4 is 0 Å². The van der Waals surface area contributed by atoms with E-state index in [2.05, 4.69) is 9.99 Å². The molecule has 0 unspecified atom stereocenters. The number of hydrogen-bond donors (Lipinski definition) is 0. The highest BCUT2D eigenvalue weighted by Crippen LogP contribution is 2.24. The number of rotatable bonds is 4. The number of halogens is 5. The minimum Gasteiger partial charge on any atom is -0.391 e. The zero-order chi connectivity index (χ0) is 14.7. The third-order valence-electron chi connectivity index (χ3n) is 3.26. The molecule has 1 aromatic rings. The van der Waals surface area contributed by atoms with Gasteiger partial charge in [-0.25, -0.2) is 22.0 Å². The summed E-state index contributed by atoms with van der Waals surface area (Å²) in [6, 6.07) is 0. The van der Waals surface area contributed by atoms with Crippen molar-refractivity contribution in [2.75, 3.05) is 0 Å². The lowest BCUT2D eigenvalue weighted by molar-refractivity contribution is 0.123. The Balaban J connectivity index is 2.06. The molecule has 2 nitrogen and oxygen atoms in total. The van der Waals surface area contributed by atoms with Crippen LogP contribution in [0.3, 0.4) is 0 Å². The van der Waals surface area contributed by atoms with Crippen molar-refractivity contribution in [2.24, 2.45) is 11.1 Å². The highest BCUT2D eigenvalue weighted by molar-refractivity contribution is 5.60. The molecule has 0 atom stereocenters. The van der Waals surface area contributed by atoms with Gasteiger partial charge in [0.05, 0.1) is 5.56 Å². The van der Waals surface area contributed by atoms with Crippen molar-refractivity contribution in [1.82, 2.24) is 0 Å². The van der Waals surface area contributed by atoms with Gasteiger partial charge in [0.1, 0.15) is 6.61 Å². The summed E-state index contributed by atoms with van der Waals surface area (Å²) >= 11 is 0. The Hall–Kier alpha value is -1.66. The Morgan fingerprint density at radius 2 is 1.40 bits per heavy atom. The molecule has 0 radical (unpaired) electrons. The molecule has 2 rings (SSSR count). The Morgan fingerprint density at radius 3 is 1.95 bits per heavy atom. The van der Waals surface area contributed by atoms with Crippen LogP contribution in [-0.4, -0.2) is 6.21 Å². The summed E-state index contributed by atoms with van der Waals surface area (Å²) in [5.74, 6) is -9.69. The van der Waals surface area contributed by atoms with E-state index < -0.39 is 41.3 Å². The van der Waals surface area contributed by atoms with Gasteiger partial charge in [-0.15, -0.1) is 0 Å². The fourth-order valence-corrected chi connectivity index (χ4v) is 2.11. The number of benzene rings is 1. The van der Waals surface area contributed by atoms with E-state index >= 15 is 0 Å². The van der Waals surface area contributed by atoms with E-state index in [0.717, 1.165) is 25.7 Å². The van der Waals surface area contributed by atoms with Crippen molar-refractivity contribution >= 4 is 6.21 Å². The van der Waals surface area contributed by atoms with E-state index in [1.165, 1.54) is 6.21 Å². The lowest BCUT2D eigenvalue weighted by Gasteiger charge is -2.07. The molecular formula is C13H12F5NO. The first-order valence-corrected chi connectivity index (χ1v) is 6.18. The molecule has 0 spiro atoms. The molecule has 0 bridgehead atoms. The second-order valence-electron chi connectivity index (χ2n) is 4.62. The zero-order valence-electron chi connectivity index (χ0n) is 10.4. The Bertz CT molecular complexity index is 497. The summed E-state index contributed by atoms with van der Waals surface area (Å²) in [6.07, 6.45) is 5.56. The molecule has 7 heteroatoms. The van der Waals surface area contributed by atoms with Gasteiger partial charge in [-0.2, -0.15) is 0 Å². The monoisotopic (exact) mass is 293 g/mol. The van der Waals surface area contributed by atoms with Gasteiger partial charge in [0.2, 0.25) is 5.82 Å². The Labute approximate surface area is 112 Å². The molecule has 0 N–H and O–H groups in total. The fourth-order valence-electron chi connectivity index (χ4n) is 2.11. The van der Waals surface area contributed by atoms with Crippen LogP contribution in [0, 0.1) is 35.0 Å². The second kappa shape index (κ2) is 6.19. The van der Waals surface area contributed by atoms with Crippen LogP contribution in [0.5, 0.6) is 0 Å². The number of nitrogens with zero attached hydrogens (tertiary/aromatic N) is 1. The van der Waals surface area contributed by atoms with Crippen LogP contribution >= 0.6 is 0 Å². The second-order valence-corrected chi connectivity index (χ2v) is 4.62. The lowest BCUT2D eigenvalue weighted by atomic mass is 10.1. The maximum absolute atomic E-state index is 13.3. The van der Waals surface area contributed by atoms with E-state index in [-0.39, 0.29) is 5.92 Å². The minimum atomic E-state index is -2.18. The van der Waals surface area contributed by atoms with Gasteiger partial charge in [0.25, 0.3) is 0 Å². The molecule has 1 aliphatic rings. The third kappa shape index (κ3) is 2.91. The van der Waals surface area contributed by atoms with Crippen LogP contribution in [-0.2, 0) is 11.4 Å². The maximum atomic E-state index is 13.3. The van der Waals surface area contributed by atoms with Gasteiger partial charge < -0.3 is 4.84 Å². The van der Waals surface area contributed by atoms with Gasteiger partial charge in [-0.3, -0.25) is 0 Å². The quantitative estimate of drug-likeness (QED) is 0.269. The largest absolute Gasteiger partial charge is 0.391 e. The summed E-state index contributed by atoms with van der Waals surface area (Å²) in [6.45, 7) is -0.811. The molecule has 1 aliphatic carbocycles. The molecule has 110 valence electrons. The van der Waals surface area contributed by atoms with Crippen molar-refractivity contribution in [2.45, 2.75) is 32.3 Å². The first kappa shape index (κ1) is 14.7. The van der Waals surface area contributed by atoms with Gasteiger partial charge in [0, 0.05) is 6.21 Å². The third-order valence-corrected chi connectivity index (χ3v) is 3.26. The smallest absolute Gasteiger partial charge is 0.200 e. The SMILES string of the molecule is Fc1c(F)c(F)c(CON=CC2CCCC2)c(F)c1F. The van der Waals surface area contributed by atoms with E-state index in [9.17, 15) is 22.0 Å². The fraction of sp³-hybridized carbons (Fsp3) is 0.462. The lowest BCUT2D eigenvalue weighted by Crippen LogP contribution is -2.08. The van der Waals surface area contributed by atoms with Gasteiger partial charge in [0.15, 0.2) is 23.3 Å². The molecule has 0 aromatic heterocycles. The summed E-state index contributed by atoms with van der Waals surface area (Å²) < 4.78 is 65.2. The Kier molecular flexibility index (Phi) is 4.57. The van der Waals surface area contributed by atoms with Crippen LogP contribution in [0.2, 0.25) is 0 Å². The van der Waals surface area contributed by atoms with Gasteiger partial charge >= 0.3 is 0 Å². The van der Waals surface area contributed by atoms with Crippen molar-refractivity contribution < 1.29 is 26.8 Å². The zero-order valence-corrected chi connectivity index (χ0v) is 10.4. The topological polar surface area (TPSA) is 21.6 Å². The average molecular weight is 293 g/mol. The maximum Gasteiger partial charge on any atom is 0.200 e. The molecular weight excluding hydrogens is 281 g/mol. The van der Waals surface area contributed by atoms with Crippen molar-refractivity contribution in [3.05, 3.63) is 34.6 Å². The van der Waals surface area contributed by atoms with Crippen LogP contribution in [0.1, 0.15) is 31.2 Å². The summed E-state index contributed by atoms with van der Waals surface area (Å²) in [4.78, 5) is 4.63. The van der Waals surface area contributed by atoms with Gasteiger partial charge in [-0.1, -0.05) is 18.0 Å². The Morgan fingerprint density at radius 1 is 0.900 bits per heavy atom.